The van der Waals surface area contributed by atoms with Crippen LogP contribution in [0.5, 0.6) is 0 Å². The second kappa shape index (κ2) is 5.29. The van der Waals surface area contributed by atoms with Crippen molar-refractivity contribution in [2.24, 2.45) is 4.40 Å². The van der Waals surface area contributed by atoms with Crippen molar-refractivity contribution in [3.8, 4) is 0 Å². The Bertz CT molecular complexity index is 552. The van der Waals surface area contributed by atoms with Crippen LogP contribution in [-0.4, -0.2) is 39.0 Å². The van der Waals surface area contributed by atoms with E-state index in [1.165, 1.54) is 35.5 Å². The Labute approximate surface area is 105 Å². The molecule has 1 aromatic carbocycles. The normalized spacial score (nSPS) is 11.7. The van der Waals surface area contributed by atoms with Gasteiger partial charge in [-0.2, -0.15) is 8.42 Å². The van der Waals surface area contributed by atoms with E-state index < -0.39 is 15.3 Å². The molecule has 5 nitrogen and oxygen atoms in total. The van der Waals surface area contributed by atoms with Crippen molar-refractivity contribution in [2.45, 2.75) is 4.90 Å². The monoisotopic (exact) mass is 274 g/mol. The van der Waals surface area contributed by atoms with E-state index in [1.54, 1.807) is 14.1 Å². The molecule has 0 spiro atoms. The van der Waals surface area contributed by atoms with Crippen molar-refractivity contribution in [3.05, 3.63) is 29.8 Å². The van der Waals surface area contributed by atoms with Crippen LogP contribution in [0.1, 0.15) is 10.4 Å². The van der Waals surface area contributed by atoms with Gasteiger partial charge in [-0.3, -0.25) is 4.79 Å². The minimum absolute atomic E-state index is 0.0675. The van der Waals surface area contributed by atoms with Gasteiger partial charge in [0, 0.05) is 19.7 Å². The predicted octanol–water partition coefficient (Wildman–Crippen LogP) is 1.34. The molecule has 0 saturated heterocycles. The van der Waals surface area contributed by atoms with Crippen molar-refractivity contribution < 1.29 is 13.2 Å². The van der Waals surface area contributed by atoms with Gasteiger partial charge < -0.3 is 4.90 Å². The van der Waals surface area contributed by atoms with Crippen LogP contribution in [0.25, 0.3) is 0 Å². The average molecular weight is 275 g/mol. The summed E-state index contributed by atoms with van der Waals surface area (Å²) in [6.45, 7) is 0. The standard InChI is InChI=1S/C10H11ClN2O3S/c1-13(2)7-12-17(15,16)9-5-3-4-8(6-9)10(11)14/h3-7H,1-2H3. The van der Waals surface area contributed by atoms with E-state index in [9.17, 15) is 13.2 Å². The molecule has 0 aromatic heterocycles. The number of nitrogens with zero attached hydrogens (tertiary/aromatic N) is 2. The topological polar surface area (TPSA) is 66.8 Å². The second-order valence-electron chi connectivity index (χ2n) is 3.46. The molecule has 7 heteroatoms. The molecule has 1 aromatic rings. The minimum atomic E-state index is -3.79. The van der Waals surface area contributed by atoms with E-state index in [0.717, 1.165) is 0 Å². The highest BCUT2D eigenvalue weighted by atomic mass is 35.5. The zero-order valence-corrected chi connectivity index (χ0v) is 10.9. The molecule has 0 aliphatic heterocycles. The molecule has 0 aliphatic carbocycles. The Hall–Kier alpha value is -1.40. The lowest BCUT2D eigenvalue weighted by Gasteiger charge is -2.03. The van der Waals surface area contributed by atoms with Gasteiger partial charge in [0.25, 0.3) is 15.3 Å². The molecule has 0 N–H and O–H groups in total. The maximum Gasteiger partial charge on any atom is 0.283 e. The van der Waals surface area contributed by atoms with Gasteiger partial charge in [0.15, 0.2) is 0 Å². The van der Waals surface area contributed by atoms with Gasteiger partial charge >= 0.3 is 0 Å². The molecule has 92 valence electrons. The maximum atomic E-state index is 11.7. The summed E-state index contributed by atoms with van der Waals surface area (Å²) in [6, 6.07) is 5.42. The summed E-state index contributed by atoms with van der Waals surface area (Å²) in [5, 5.41) is -0.710. The quantitative estimate of drug-likeness (QED) is 0.472. The Kier molecular flexibility index (Phi) is 4.25. The summed E-state index contributed by atoms with van der Waals surface area (Å²) in [4.78, 5) is 12.3. The summed E-state index contributed by atoms with van der Waals surface area (Å²) in [5.41, 5.74) is 0.118. The van der Waals surface area contributed by atoms with Crippen LogP contribution < -0.4 is 0 Å². The van der Waals surface area contributed by atoms with Crippen molar-refractivity contribution >= 4 is 33.2 Å². The molecule has 0 radical (unpaired) electrons. The first kappa shape index (κ1) is 13.7. The van der Waals surface area contributed by atoms with Crippen LogP contribution in [0.4, 0.5) is 0 Å². The SMILES string of the molecule is CN(C)C=NS(=O)(=O)c1cccc(C(=O)Cl)c1. The van der Waals surface area contributed by atoms with E-state index in [1.807, 2.05) is 0 Å². The summed E-state index contributed by atoms with van der Waals surface area (Å²) in [6.07, 6.45) is 1.17. The lowest BCUT2D eigenvalue weighted by molar-refractivity contribution is 0.108. The fraction of sp³-hybridized carbons (Fsp3) is 0.200. The van der Waals surface area contributed by atoms with Gasteiger partial charge in [-0.05, 0) is 23.7 Å². The van der Waals surface area contributed by atoms with E-state index in [2.05, 4.69) is 4.40 Å². The average Bonchev–Trinajstić information content (AvgIpc) is 2.27. The smallest absolute Gasteiger partial charge is 0.283 e. The molecule has 0 unspecified atom stereocenters. The van der Waals surface area contributed by atoms with Crippen LogP contribution in [0.3, 0.4) is 0 Å². The van der Waals surface area contributed by atoms with Crippen molar-refractivity contribution in [1.29, 1.82) is 0 Å². The Morgan fingerprint density at radius 1 is 1.41 bits per heavy atom. The van der Waals surface area contributed by atoms with E-state index >= 15 is 0 Å². The molecule has 1 rings (SSSR count). The van der Waals surface area contributed by atoms with Gasteiger partial charge in [0.1, 0.15) is 6.34 Å². The van der Waals surface area contributed by atoms with Crippen LogP contribution in [0.2, 0.25) is 0 Å². The fourth-order valence-electron chi connectivity index (χ4n) is 0.996. The molecule has 0 heterocycles. The highest BCUT2D eigenvalue weighted by Gasteiger charge is 2.13. The highest BCUT2D eigenvalue weighted by molar-refractivity contribution is 7.90. The molecular weight excluding hydrogens is 264 g/mol. The van der Waals surface area contributed by atoms with E-state index in [0.29, 0.717) is 0 Å². The van der Waals surface area contributed by atoms with E-state index in [-0.39, 0.29) is 10.5 Å². The third-order valence-electron chi connectivity index (χ3n) is 1.78. The number of hydrogen-bond acceptors (Lipinski definition) is 3. The number of rotatable bonds is 4. The summed E-state index contributed by atoms with van der Waals surface area (Å²) in [5.74, 6) is 0. The lowest BCUT2D eigenvalue weighted by atomic mass is 10.2. The molecule has 0 fully saturated rings. The van der Waals surface area contributed by atoms with Crippen LogP contribution in [0, 0.1) is 0 Å². The second-order valence-corrected chi connectivity index (χ2v) is 5.44. The third kappa shape index (κ3) is 3.83. The highest BCUT2D eigenvalue weighted by Crippen LogP contribution is 2.15. The Balaban J connectivity index is 3.16. The van der Waals surface area contributed by atoms with Gasteiger partial charge in [-0.25, -0.2) is 0 Å². The zero-order valence-electron chi connectivity index (χ0n) is 9.29. The van der Waals surface area contributed by atoms with Crippen LogP contribution in [-0.2, 0) is 10.0 Å². The number of carbonyl (C=O) groups is 1. The van der Waals surface area contributed by atoms with Crippen molar-refractivity contribution in [1.82, 2.24) is 4.90 Å². The predicted molar refractivity (Wildman–Crippen MR) is 66.0 cm³/mol. The number of halogens is 1. The molecule has 0 bridgehead atoms. The molecule has 0 saturated carbocycles. The fourth-order valence-corrected chi connectivity index (χ4v) is 2.07. The number of sulfonamides is 1. The summed E-state index contributed by atoms with van der Waals surface area (Å²) >= 11 is 5.27. The van der Waals surface area contributed by atoms with Gasteiger partial charge in [-0.1, -0.05) is 12.1 Å². The minimum Gasteiger partial charge on any atom is -0.368 e. The Morgan fingerprint density at radius 2 is 2.06 bits per heavy atom. The zero-order chi connectivity index (χ0) is 13.1. The number of hydrogen-bond donors (Lipinski definition) is 0. The lowest BCUT2D eigenvalue weighted by Crippen LogP contribution is -2.10. The van der Waals surface area contributed by atoms with Crippen molar-refractivity contribution in [3.63, 3.8) is 0 Å². The van der Waals surface area contributed by atoms with Gasteiger partial charge in [0.05, 0.1) is 4.90 Å². The van der Waals surface area contributed by atoms with Gasteiger partial charge in [-0.15, -0.1) is 4.40 Å². The number of carbonyl (C=O) groups excluding carboxylic acids is 1. The molecular formula is C10H11ClN2O3S. The molecule has 17 heavy (non-hydrogen) atoms. The molecule has 0 atom stereocenters. The largest absolute Gasteiger partial charge is 0.368 e. The maximum absolute atomic E-state index is 11.7. The first-order valence-corrected chi connectivity index (χ1v) is 6.41. The Morgan fingerprint density at radius 3 is 2.59 bits per heavy atom. The van der Waals surface area contributed by atoms with Gasteiger partial charge in [0.2, 0.25) is 0 Å². The first-order chi connectivity index (χ1) is 7.83. The molecule has 0 amide bonds. The molecule has 0 aliphatic rings. The van der Waals surface area contributed by atoms with E-state index in [4.69, 9.17) is 11.6 Å². The van der Waals surface area contributed by atoms with Crippen LogP contribution in [0.15, 0.2) is 33.6 Å². The first-order valence-electron chi connectivity index (χ1n) is 4.60. The summed E-state index contributed by atoms with van der Waals surface area (Å²) in [7, 11) is -0.493. The summed E-state index contributed by atoms with van der Waals surface area (Å²) < 4.78 is 26.9. The third-order valence-corrected chi connectivity index (χ3v) is 3.22. The van der Waals surface area contributed by atoms with Crippen molar-refractivity contribution in [2.75, 3.05) is 14.1 Å². The number of benzene rings is 1. The van der Waals surface area contributed by atoms with Crippen LogP contribution >= 0.6 is 11.6 Å².